The second kappa shape index (κ2) is 4.02. The second-order valence-electron chi connectivity index (χ2n) is 2.24. The molecule has 60 valence electrons. The molecule has 2 unspecified atom stereocenters. The molecule has 1 fully saturated rings. The average Bonchev–Trinajstić information content (AvgIpc) is 1.88. The summed E-state index contributed by atoms with van der Waals surface area (Å²) < 4.78 is 24.5. The highest BCUT2D eigenvalue weighted by molar-refractivity contribution is 7.74. The van der Waals surface area contributed by atoms with E-state index >= 15 is 0 Å². The Morgan fingerprint density at radius 3 is 2.90 bits per heavy atom. The Kier molecular flexibility index (Phi) is 3.27. The van der Waals surface area contributed by atoms with Gasteiger partial charge in [0, 0.05) is 0 Å². The van der Waals surface area contributed by atoms with Crippen LogP contribution in [0.5, 0.6) is 0 Å². The van der Waals surface area contributed by atoms with Crippen molar-refractivity contribution in [1.29, 1.82) is 0 Å². The molecule has 0 spiro atoms. The Morgan fingerprint density at radius 1 is 1.60 bits per heavy atom. The normalized spacial score (nSPS) is 29.9. The molecule has 0 aromatic heterocycles. The lowest BCUT2D eigenvalue weighted by molar-refractivity contribution is 0.135. The Morgan fingerprint density at radius 2 is 2.40 bits per heavy atom. The highest BCUT2D eigenvalue weighted by Crippen LogP contribution is 2.08. The van der Waals surface area contributed by atoms with Gasteiger partial charge in [-0.1, -0.05) is 0 Å². The molecule has 4 nitrogen and oxygen atoms in total. The van der Waals surface area contributed by atoms with Crippen LogP contribution in [0.1, 0.15) is 19.3 Å². The summed E-state index contributed by atoms with van der Waals surface area (Å²) in [4.78, 5) is 0. The third-order valence-electron chi connectivity index (χ3n) is 1.46. The lowest BCUT2D eigenvalue weighted by atomic mass is 10.1. The first-order valence-corrected chi connectivity index (χ1v) is 4.29. The topological polar surface area (TPSA) is 61.4 Å². The third kappa shape index (κ3) is 2.74. The molecule has 2 atom stereocenters. The molecule has 0 aromatic rings. The van der Waals surface area contributed by atoms with Crippen LogP contribution in [0, 0.1) is 0 Å². The molecule has 0 aromatic carbocycles. The van der Waals surface area contributed by atoms with E-state index in [9.17, 15) is 8.76 Å². The summed E-state index contributed by atoms with van der Waals surface area (Å²) >= 11 is -2.38. The number of hydrogen-bond acceptors (Lipinski definition) is 4. The van der Waals surface area contributed by atoms with Gasteiger partial charge in [0.25, 0.3) is 0 Å². The van der Waals surface area contributed by atoms with Crippen molar-refractivity contribution in [1.82, 2.24) is 5.32 Å². The maximum atomic E-state index is 10.0. The lowest BCUT2D eigenvalue weighted by Crippen LogP contribution is -2.36. The summed E-state index contributed by atoms with van der Waals surface area (Å²) in [6.45, 7) is 0.849. The Hall–Kier alpha value is 0.0300. The van der Waals surface area contributed by atoms with Crippen molar-refractivity contribution in [2.45, 2.75) is 25.5 Å². The lowest BCUT2D eigenvalue weighted by Gasteiger charge is -2.23. The van der Waals surface area contributed by atoms with E-state index in [-0.39, 0.29) is 6.23 Å². The van der Waals surface area contributed by atoms with Crippen molar-refractivity contribution < 1.29 is 12.9 Å². The van der Waals surface area contributed by atoms with Crippen LogP contribution in [-0.4, -0.2) is 21.5 Å². The average molecular weight is 164 g/mol. The van der Waals surface area contributed by atoms with E-state index in [2.05, 4.69) is 9.50 Å². The smallest absolute Gasteiger partial charge is 0.124 e. The summed E-state index contributed by atoms with van der Waals surface area (Å²) in [5.41, 5.74) is 0. The van der Waals surface area contributed by atoms with Gasteiger partial charge in [-0.05, 0) is 25.8 Å². The summed E-state index contributed by atoms with van der Waals surface area (Å²) in [5, 5.41) is 2.94. The maximum absolute atomic E-state index is 10.0. The predicted octanol–water partition coefficient (Wildman–Crippen LogP) is -0.103. The van der Waals surface area contributed by atoms with Gasteiger partial charge < -0.3 is 4.55 Å². The van der Waals surface area contributed by atoms with Gasteiger partial charge in [0.1, 0.15) is 6.23 Å². The van der Waals surface area contributed by atoms with Gasteiger partial charge in [0.15, 0.2) is 0 Å². The number of hydrogen-bond donors (Lipinski definition) is 1. The molecular formula is C5H10NO3S-. The quantitative estimate of drug-likeness (QED) is 0.579. The van der Waals surface area contributed by atoms with Gasteiger partial charge in [-0.25, -0.2) is 4.21 Å². The van der Waals surface area contributed by atoms with Crippen LogP contribution >= 0.6 is 0 Å². The molecule has 1 saturated heterocycles. The highest BCUT2D eigenvalue weighted by atomic mass is 32.2. The number of rotatable bonds is 2. The van der Waals surface area contributed by atoms with E-state index < -0.39 is 11.4 Å². The van der Waals surface area contributed by atoms with Crippen molar-refractivity contribution in [3.63, 3.8) is 0 Å². The fourth-order valence-electron chi connectivity index (χ4n) is 0.997. The third-order valence-corrected chi connectivity index (χ3v) is 1.85. The van der Waals surface area contributed by atoms with Crippen molar-refractivity contribution in [3.05, 3.63) is 0 Å². The number of piperidine rings is 1. The predicted molar refractivity (Wildman–Crippen MR) is 35.6 cm³/mol. The Labute approximate surface area is 62.4 Å². The van der Waals surface area contributed by atoms with E-state index in [0.717, 1.165) is 25.8 Å². The minimum Gasteiger partial charge on any atom is -0.750 e. The molecule has 10 heavy (non-hydrogen) atoms. The Balaban J connectivity index is 2.19. The summed E-state index contributed by atoms with van der Waals surface area (Å²) in [6, 6.07) is 0. The van der Waals surface area contributed by atoms with Gasteiger partial charge in [-0.3, -0.25) is 9.50 Å². The molecule has 5 heteroatoms. The van der Waals surface area contributed by atoms with E-state index in [0.29, 0.717) is 0 Å². The van der Waals surface area contributed by atoms with Crippen LogP contribution in [-0.2, 0) is 15.5 Å². The van der Waals surface area contributed by atoms with Crippen LogP contribution in [0.3, 0.4) is 0 Å². The molecular weight excluding hydrogens is 154 g/mol. The van der Waals surface area contributed by atoms with Gasteiger partial charge in [0.2, 0.25) is 0 Å². The van der Waals surface area contributed by atoms with Crippen molar-refractivity contribution in [3.8, 4) is 0 Å². The summed E-state index contributed by atoms with van der Waals surface area (Å²) in [7, 11) is 0. The molecule has 1 aliphatic heterocycles. The van der Waals surface area contributed by atoms with Crippen molar-refractivity contribution in [2.75, 3.05) is 6.54 Å². The van der Waals surface area contributed by atoms with E-state index in [4.69, 9.17) is 0 Å². The highest BCUT2D eigenvalue weighted by Gasteiger charge is 2.12. The molecule has 0 amide bonds. The van der Waals surface area contributed by atoms with Gasteiger partial charge in [-0.2, -0.15) is 0 Å². The molecule has 1 aliphatic rings. The van der Waals surface area contributed by atoms with Crippen LogP contribution in [0.2, 0.25) is 0 Å². The minimum absolute atomic E-state index is 0.285. The fraction of sp³-hybridized carbons (Fsp3) is 1.00. The zero-order valence-corrected chi connectivity index (χ0v) is 6.36. The van der Waals surface area contributed by atoms with Gasteiger partial charge in [-0.15, -0.1) is 0 Å². The monoisotopic (exact) mass is 164 g/mol. The number of nitrogens with one attached hydrogen (secondary N) is 1. The van der Waals surface area contributed by atoms with Crippen LogP contribution in [0.15, 0.2) is 0 Å². The molecule has 1 rings (SSSR count). The molecule has 0 saturated carbocycles. The summed E-state index contributed by atoms with van der Waals surface area (Å²) in [6.07, 6.45) is 2.64. The van der Waals surface area contributed by atoms with Crippen molar-refractivity contribution in [2.24, 2.45) is 0 Å². The summed E-state index contributed by atoms with van der Waals surface area (Å²) in [5.74, 6) is 0. The zero-order valence-electron chi connectivity index (χ0n) is 5.54. The molecule has 0 aliphatic carbocycles. The van der Waals surface area contributed by atoms with Crippen LogP contribution < -0.4 is 5.32 Å². The van der Waals surface area contributed by atoms with Crippen molar-refractivity contribution >= 4 is 11.4 Å². The maximum Gasteiger partial charge on any atom is 0.124 e. The first-order chi connectivity index (χ1) is 4.79. The molecule has 1 heterocycles. The molecule has 1 N–H and O–H groups in total. The fourth-order valence-corrected chi connectivity index (χ4v) is 1.35. The SMILES string of the molecule is O=S([O-])OC1CCCCN1. The second-order valence-corrected chi connectivity index (χ2v) is 2.84. The Bertz CT molecular complexity index is 124. The first-order valence-electron chi connectivity index (χ1n) is 3.29. The molecule has 0 radical (unpaired) electrons. The minimum atomic E-state index is -2.38. The largest absolute Gasteiger partial charge is 0.750 e. The van der Waals surface area contributed by atoms with Crippen LogP contribution in [0.4, 0.5) is 0 Å². The van der Waals surface area contributed by atoms with E-state index in [1.165, 1.54) is 0 Å². The van der Waals surface area contributed by atoms with Gasteiger partial charge in [0.05, 0.1) is 11.4 Å². The zero-order chi connectivity index (χ0) is 7.40. The van der Waals surface area contributed by atoms with Gasteiger partial charge >= 0.3 is 0 Å². The van der Waals surface area contributed by atoms with Crippen LogP contribution in [0.25, 0.3) is 0 Å². The molecule has 0 bridgehead atoms. The standard InChI is InChI=1S/C5H11NO3S/c7-10(8)9-5-3-1-2-4-6-5/h5-6H,1-4H2,(H,7,8)/p-1. The van der Waals surface area contributed by atoms with E-state index in [1.54, 1.807) is 0 Å². The van der Waals surface area contributed by atoms with E-state index in [1.807, 2.05) is 0 Å². The first kappa shape index (κ1) is 8.13.